The third-order valence-electron chi connectivity index (χ3n) is 4.04. The Bertz CT molecular complexity index is 916. The molecule has 0 aromatic heterocycles. The lowest BCUT2D eigenvalue weighted by atomic mass is 10.1. The van der Waals surface area contributed by atoms with Crippen LogP contribution in [0.3, 0.4) is 0 Å². The van der Waals surface area contributed by atoms with Crippen LogP contribution in [0.1, 0.15) is 35.8 Å². The molecule has 140 valence electrons. The maximum atomic E-state index is 14.0. The van der Waals surface area contributed by atoms with Crippen molar-refractivity contribution in [2.75, 3.05) is 13.6 Å². The number of benzene rings is 2. The summed E-state index contributed by atoms with van der Waals surface area (Å²) >= 11 is 0. The smallest absolute Gasteiger partial charge is 0.254 e. The van der Waals surface area contributed by atoms with Crippen LogP contribution in [-0.4, -0.2) is 32.8 Å². The standard InChI is InChI=1S/C18H20F2N2O3S/c1-4-21-26(24,25)15-7-5-6-13(10-15)18(23)22(3)12(2)16-11-14(19)8-9-17(16)20/h5-12,21H,4H2,1-3H3. The van der Waals surface area contributed by atoms with E-state index in [1.54, 1.807) is 13.8 Å². The second-order valence-corrected chi connectivity index (χ2v) is 7.55. The Morgan fingerprint density at radius 2 is 1.88 bits per heavy atom. The van der Waals surface area contributed by atoms with Crippen LogP contribution in [0.4, 0.5) is 8.78 Å². The van der Waals surface area contributed by atoms with Crippen LogP contribution in [0.5, 0.6) is 0 Å². The minimum Gasteiger partial charge on any atom is -0.335 e. The van der Waals surface area contributed by atoms with Crippen LogP contribution >= 0.6 is 0 Å². The van der Waals surface area contributed by atoms with E-state index in [4.69, 9.17) is 0 Å². The Kier molecular flexibility index (Phi) is 6.09. The highest BCUT2D eigenvalue weighted by molar-refractivity contribution is 7.89. The zero-order valence-corrected chi connectivity index (χ0v) is 15.5. The van der Waals surface area contributed by atoms with Crippen LogP contribution in [-0.2, 0) is 10.0 Å². The molecule has 0 saturated carbocycles. The van der Waals surface area contributed by atoms with Crippen molar-refractivity contribution in [3.8, 4) is 0 Å². The molecule has 0 aliphatic rings. The molecule has 0 heterocycles. The largest absolute Gasteiger partial charge is 0.335 e. The minimum atomic E-state index is -3.71. The molecule has 2 rings (SSSR count). The van der Waals surface area contributed by atoms with Gasteiger partial charge in [0.1, 0.15) is 11.6 Å². The number of sulfonamides is 1. The van der Waals surface area contributed by atoms with Crippen LogP contribution in [0.25, 0.3) is 0 Å². The second kappa shape index (κ2) is 7.92. The molecule has 0 radical (unpaired) electrons. The SMILES string of the molecule is CCNS(=O)(=O)c1cccc(C(=O)N(C)C(C)c2cc(F)ccc2F)c1. The molecular formula is C18H20F2N2O3S. The van der Waals surface area contributed by atoms with E-state index in [1.165, 1.54) is 36.2 Å². The van der Waals surface area contributed by atoms with E-state index >= 15 is 0 Å². The van der Waals surface area contributed by atoms with Gasteiger partial charge in [0.15, 0.2) is 0 Å². The maximum absolute atomic E-state index is 14.0. The first-order chi connectivity index (χ1) is 12.2. The lowest BCUT2D eigenvalue weighted by Crippen LogP contribution is -2.30. The molecule has 2 aromatic rings. The van der Waals surface area contributed by atoms with Crippen LogP contribution in [0.2, 0.25) is 0 Å². The number of hydrogen-bond donors (Lipinski definition) is 1. The Hall–Kier alpha value is -2.32. The first-order valence-corrected chi connectivity index (χ1v) is 9.47. The van der Waals surface area contributed by atoms with Crippen molar-refractivity contribution < 1.29 is 22.0 Å². The fraction of sp³-hybridized carbons (Fsp3) is 0.278. The predicted molar refractivity (Wildman–Crippen MR) is 94.2 cm³/mol. The van der Waals surface area contributed by atoms with Crippen LogP contribution in [0, 0.1) is 11.6 Å². The van der Waals surface area contributed by atoms with Gasteiger partial charge in [0.25, 0.3) is 5.91 Å². The van der Waals surface area contributed by atoms with Crippen LogP contribution < -0.4 is 4.72 Å². The number of nitrogens with one attached hydrogen (secondary N) is 1. The van der Waals surface area contributed by atoms with Gasteiger partial charge in [-0.1, -0.05) is 13.0 Å². The molecule has 5 nitrogen and oxygen atoms in total. The number of carbonyl (C=O) groups excluding carboxylic acids is 1. The molecule has 0 aliphatic carbocycles. The minimum absolute atomic E-state index is 0.0387. The second-order valence-electron chi connectivity index (χ2n) is 5.79. The van der Waals surface area contributed by atoms with Crippen molar-refractivity contribution in [3.63, 3.8) is 0 Å². The average Bonchev–Trinajstić information content (AvgIpc) is 2.62. The summed E-state index contributed by atoms with van der Waals surface area (Å²) in [5, 5.41) is 0. The summed E-state index contributed by atoms with van der Waals surface area (Å²) in [6, 6.07) is 7.86. The Labute approximate surface area is 151 Å². The van der Waals surface area contributed by atoms with Crippen molar-refractivity contribution in [2.24, 2.45) is 0 Å². The summed E-state index contributed by atoms with van der Waals surface area (Å²) in [5.41, 5.74) is 0.174. The van der Waals surface area contributed by atoms with E-state index < -0.39 is 33.6 Å². The normalized spacial score (nSPS) is 12.7. The number of nitrogens with zero attached hydrogens (tertiary/aromatic N) is 1. The van der Waals surface area contributed by atoms with Crippen molar-refractivity contribution in [3.05, 3.63) is 65.2 Å². The van der Waals surface area contributed by atoms with E-state index in [0.717, 1.165) is 18.2 Å². The molecule has 0 aliphatic heterocycles. The highest BCUT2D eigenvalue weighted by Gasteiger charge is 2.23. The number of carbonyl (C=O) groups is 1. The number of halogens is 2. The molecule has 0 bridgehead atoms. The molecule has 0 spiro atoms. The van der Waals surface area contributed by atoms with Gasteiger partial charge in [0.2, 0.25) is 10.0 Å². The quantitative estimate of drug-likeness (QED) is 0.835. The van der Waals surface area contributed by atoms with Gasteiger partial charge in [-0.25, -0.2) is 21.9 Å². The van der Waals surface area contributed by atoms with Gasteiger partial charge in [0, 0.05) is 24.7 Å². The van der Waals surface area contributed by atoms with E-state index in [2.05, 4.69) is 4.72 Å². The van der Waals surface area contributed by atoms with Gasteiger partial charge >= 0.3 is 0 Å². The maximum Gasteiger partial charge on any atom is 0.254 e. The van der Waals surface area contributed by atoms with Crippen molar-refractivity contribution >= 4 is 15.9 Å². The Morgan fingerprint density at radius 1 is 1.19 bits per heavy atom. The summed E-state index contributed by atoms with van der Waals surface area (Å²) in [6.07, 6.45) is 0. The van der Waals surface area contributed by atoms with Gasteiger partial charge in [-0.15, -0.1) is 0 Å². The zero-order valence-electron chi connectivity index (χ0n) is 14.7. The fourth-order valence-electron chi connectivity index (χ4n) is 2.49. The van der Waals surface area contributed by atoms with Gasteiger partial charge in [-0.3, -0.25) is 4.79 Å². The monoisotopic (exact) mass is 382 g/mol. The highest BCUT2D eigenvalue weighted by Crippen LogP contribution is 2.24. The zero-order chi connectivity index (χ0) is 19.5. The van der Waals surface area contributed by atoms with Gasteiger partial charge < -0.3 is 4.90 Å². The lowest BCUT2D eigenvalue weighted by Gasteiger charge is -2.26. The lowest BCUT2D eigenvalue weighted by molar-refractivity contribution is 0.0740. The molecule has 1 unspecified atom stereocenters. The third-order valence-corrected chi connectivity index (χ3v) is 5.58. The van der Waals surface area contributed by atoms with Crippen molar-refractivity contribution in [1.82, 2.24) is 9.62 Å². The molecule has 8 heteroatoms. The summed E-state index contributed by atoms with van der Waals surface area (Å²) in [6.45, 7) is 3.43. The Morgan fingerprint density at radius 3 is 2.54 bits per heavy atom. The molecular weight excluding hydrogens is 362 g/mol. The summed E-state index contributed by atoms with van der Waals surface area (Å²) in [7, 11) is -2.26. The molecule has 2 aromatic carbocycles. The van der Waals surface area contributed by atoms with E-state index in [9.17, 15) is 22.0 Å². The van der Waals surface area contributed by atoms with Gasteiger partial charge in [-0.2, -0.15) is 0 Å². The highest BCUT2D eigenvalue weighted by atomic mass is 32.2. The van der Waals surface area contributed by atoms with E-state index in [0.29, 0.717) is 0 Å². The predicted octanol–water partition coefficient (Wildman–Crippen LogP) is 3.10. The van der Waals surface area contributed by atoms with E-state index in [1.807, 2.05) is 0 Å². The summed E-state index contributed by atoms with van der Waals surface area (Å²) in [5.74, 6) is -1.73. The molecule has 1 amide bonds. The molecule has 0 fully saturated rings. The molecule has 1 atom stereocenters. The van der Waals surface area contributed by atoms with Crippen LogP contribution in [0.15, 0.2) is 47.4 Å². The van der Waals surface area contributed by atoms with E-state index in [-0.39, 0.29) is 22.6 Å². The first-order valence-electron chi connectivity index (χ1n) is 7.99. The number of rotatable bonds is 6. The molecule has 1 N–H and O–H groups in total. The van der Waals surface area contributed by atoms with Gasteiger partial charge in [-0.05, 0) is 43.3 Å². The molecule has 0 saturated heterocycles. The van der Waals surface area contributed by atoms with Gasteiger partial charge in [0.05, 0.1) is 10.9 Å². The average molecular weight is 382 g/mol. The number of hydrogen-bond acceptors (Lipinski definition) is 3. The topological polar surface area (TPSA) is 66.5 Å². The third kappa shape index (κ3) is 4.25. The summed E-state index contributed by atoms with van der Waals surface area (Å²) < 4.78 is 53.9. The van der Waals surface area contributed by atoms with Crippen molar-refractivity contribution in [2.45, 2.75) is 24.8 Å². The fourth-order valence-corrected chi connectivity index (χ4v) is 3.58. The Balaban J connectivity index is 2.32. The first kappa shape index (κ1) is 20.0. The molecule has 26 heavy (non-hydrogen) atoms. The summed E-state index contributed by atoms with van der Waals surface area (Å²) in [4.78, 5) is 13.9. The number of amides is 1. The van der Waals surface area contributed by atoms with Crippen molar-refractivity contribution in [1.29, 1.82) is 0 Å².